The average molecular weight is 302 g/mol. The zero-order valence-corrected chi connectivity index (χ0v) is 11.5. The molecule has 114 valence electrons. The van der Waals surface area contributed by atoms with E-state index in [2.05, 4.69) is 10.1 Å². The molecule has 0 radical (unpaired) electrons. The number of carbonyl (C=O) groups excluding carboxylic acids is 1. The molecule has 10 nitrogen and oxygen atoms in total. The van der Waals surface area contributed by atoms with Gasteiger partial charge in [-0.15, -0.1) is 17.8 Å². The lowest BCUT2D eigenvalue weighted by Crippen LogP contribution is -2.41. The van der Waals surface area contributed by atoms with Crippen molar-refractivity contribution in [2.45, 2.75) is 18.9 Å². The van der Waals surface area contributed by atoms with Gasteiger partial charge in [-0.05, 0) is 12.8 Å². The number of guanidine groups is 1. The summed E-state index contributed by atoms with van der Waals surface area (Å²) in [6.07, 6.45) is 0.661. The Kier molecular flexibility index (Phi) is 16.8. The number of rotatable bonds is 7. The molecule has 1 unspecified atom stereocenters. The van der Waals surface area contributed by atoms with Crippen LogP contribution in [0.4, 0.5) is 0 Å². The summed E-state index contributed by atoms with van der Waals surface area (Å²) >= 11 is 0. The van der Waals surface area contributed by atoms with Crippen molar-refractivity contribution in [2.24, 2.45) is 5.73 Å². The molecule has 0 amide bonds. The average Bonchev–Trinajstić information content (AvgIpc) is 2.33. The molecular weight excluding hydrogens is 282 g/mol. The van der Waals surface area contributed by atoms with Gasteiger partial charge < -0.3 is 20.9 Å². The zero-order chi connectivity index (χ0) is 14.6. The first-order valence-electron chi connectivity index (χ1n) is 4.98. The van der Waals surface area contributed by atoms with Crippen LogP contribution in [0.15, 0.2) is 0 Å². The monoisotopic (exact) mass is 301 g/mol. The fraction of sp³-hybridized carbons (Fsp3) is 0.750. The number of nitrogens with one attached hydrogen (secondary N) is 3. The Labute approximate surface area is 116 Å². The van der Waals surface area contributed by atoms with E-state index in [9.17, 15) is 14.9 Å². The number of aliphatic hydroxyl groups is 1. The highest BCUT2D eigenvalue weighted by atomic mass is 35.5. The van der Waals surface area contributed by atoms with E-state index in [0.29, 0.717) is 13.0 Å². The number of methoxy groups -OCH3 is 1. The fourth-order valence-corrected chi connectivity index (χ4v) is 1.03. The first kappa shape index (κ1) is 22.4. The van der Waals surface area contributed by atoms with Gasteiger partial charge in [0.15, 0.2) is 17.0 Å². The quantitative estimate of drug-likeness (QED) is 0.0957. The maximum Gasteiger partial charge on any atom is 0.334 e. The van der Waals surface area contributed by atoms with Gasteiger partial charge in [-0.1, -0.05) is 0 Å². The summed E-state index contributed by atoms with van der Waals surface area (Å²) in [5.41, 5.74) is 6.89. The maximum absolute atomic E-state index is 11.1. The molecule has 0 aromatic carbocycles. The summed E-state index contributed by atoms with van der Waals surface area (Å²) in [7, 11) is 2.16. The van der Waals surface area contributed by atoms with Crippen LogP contribution in [0, 0.1) is 15.5 Å². The summed E-state index contributed by atoms with van der Waals surface area (Å²) in [6.45, 7) is 0.363. The molecule has 1 atom stereocenters. The number of hydrazine groups is 1. The third-order valence-electron chi connectivity index (χ3n) is 1.73. The smallest absolute Gasteiger partial charge is 0.334 e. The van der Waals surface area contributed by atoms with Crippen LogP contribution in [0.25, 0.3) is 0 Å². The fourth-order valence-electron chi connectivity index (χ4n) is 1.03. The van der Waals surface area contributed by atoms with E-state index in [0.717, 1.165) is 14.2 Å². The van der Waals surface area contributed by atoms with Gasteiger partial charge in [0.1, 0.15) is 0 Å². The molecule has 0 rings (SSSR count). The van der Waals surface area contributed by atoms with Crippen molar-refractivity contribution < 1.29 is 19.7 Å². The van der Waals surface area contributed by atoms with Gasteiger partial charge in [0, 0.05) is 13.7 Å². The molecule has 6 N–H and O–H groups in total. The van der Waals surface area contributed by atoms with Gasteiger partial charge in [0.05, 0.1) is 7.11 Å². The highest BCUT2D eigenvalue weighted by Gasteiger charge is 2.22. The van der Waals surface area contributed by atoms with Crippen LogP contribution in [0.5, 0.6) is 0 Å². The highest BCUT2D eigenvalue weighted by Crippen LogP contribution is 1.98. The normalized spacial score (nSPS) is 9.84. The summed E-state index contributed by atoms with van der Waals surface area (Å²) < 4.78 is 4.40. The first-order chi connectivity index (χ1) is 8.47. The first-order valence-corrected chi connectivity index (χ1v) is 4.98. The molecule has 0 saturated heterocycles. The van der Waals surface area contributed by atoms with Crippen LogP contribution in [0.3, 0.4) is 0 Å². The van der Waals surface area contributed by atoms with Crippen molar-refractivity contribution in [1.29, 1.82) is 5.41 Å². The minimum absolute atomic E-state index is 0. The lowest BCUT2D eigenvalue weighted by Gasteiger charge is -2.11. The molecule has 19 heavy (non-hydrogen) atoms. The Hall–Kier alpha value is -1.81. The van der Waals surface area contributed by atoms with Gasteiger partial charge in [-0.2, -0.15) is 0 Å². The van der Waals surface area contributed by atoms with Gasteiger partial charge >= 0.3 is 5.97 Å². The molecule has 0 aromatic rings. The van der Waals surface area contributed by atoms with Crippen LogP contribution in [-0.4, -0.2) is 48.9 Å². The molecule has 0 aliphatic carbocycles. The van der Waals surface area contributed by atoms with Crippen molar-refractivity contribution in [3.8, 4) is 0 Å². The molecule has 0 spiro atoms. The Balaban J connectivity index is -0.000000809. The molecule has 0 saturated carbocycles. The molecular formula is C8H20ClN5O5. The van der Waals surface area contributed by atoms with E-state index in [-0.39, 0.29) is 24.8 Å². The molecule has 11 heteroatoms. The van der Waals surface area contributed by atoms with Crippen LogP contribution in [0.1, 0.15) is 12.8 Å². The predicted octanol–water partition coefficient (Wildman–Crippen LogP) is -1.40. The lowest BCUT2D eigenvalue weighted by molar-refractivity contribution is -0.549. The minimum Gasteiger partial charge on any atom is -0.467 e. The molecule has 0 aliphatic heterocycles. The number of nitrogens with two attached hydrogens (primary N) is 1. The highest BCUT2D eigenvalue weighted by molar-refractivity contribution is 5.85. The molecule has 0 aromatic heterocycles. The lowest BCUT2D eigenvalue weighted by atomic mass is 10.1. The second-order valence-corrected chi connectivity index (χ2v) is 2.94. The number of esters is 1. The second kappa shape index (κ2) is 14.3. The van der Waals surface area contributed by atoms with E-state index < -0.39 is 17.0 Å². The van der Waals surface area contributed by atoms with Crippen molar-refractivity contribution >= 4 is 24.3 Å². The van der Waals surface area contributed by atoms with Gasteiger partial charge in [0.25, 0.3) is 0 Å². The van der Waals surface area contributed by atoms with E-state index in [1.807, 2.05) is 5.43 Å². The van der Waals surface area contributed by atoms with Gasteiger partial charge in [-0.3, -0.25) is 5.41 Å². The summed E-state index contributed by atoms with van der Waals surface area (Å²) in [5.74, 6) is -0.878. The zero-order valence-electron chi connectivity index (χ0n) is 10.7. The van der Waals surface area contributed by atoms with Crippen LogP contribution in [0.2, 0.25) is 0 Å². The topological polar surface area (TPSA) is 164 Å². The number of aliphatic hydroxyl groups excluding tert-OH is 1. The third kappa shape index (κ3) is 14.1. The van der Waals surface area contributed by atoms with E-state index in [1.165, 1.54) is 0 Å². The van der Waals surface area contributed by atoms with Crippen molar-refractivity contribution in [2.75, 3.05) is 20.8 Å². The van der Waals surface area contributed by atoms with E-state index >= 15 is 0 Å². The standard InChI is InChI=1S/C7H15N5O4.CH4O.ClH/c1-16-6(13)5(11-12(14)15)3-2-4-10-7(8)9;1-2;/h5,11H,2-4H2,1H3,(H4,8,9,10);2H,1H3;1H. The van der Waals surface area contributed by atoms with Gasteiger partial charge in [-0.25, -0.2) is 14.9 Å². The van der Waals surface area contributed by atoms with Gasteiger partial charge in [0.2, 0.25) is 0 Å². The van der Waals surface area contributed by atoms with E-state index in [1.54, 1.807) is 0 Å². The van der Waals surface area contributed by atoms with Crippen molar-refractivity contribution in [1.82, 2.24) is 10.7 Å². The number of carbonyl (C=O) groups is 1. The Morgan fingerprint density at radius 2 is 2.11 bits per heavy atom. The summed E-state index contributed by atoms with van der Waals surface area (Å²) in [4.78, 5) is 21.3. The second-order valence-electron chi connectivity index (χ2n) is 2.94. The predicted molar refractivity (Wildman–Crippen MR) is 70.5 cm³/mol. The van der Waals surface area contributed by atoms with Crippen molar-refractivity contribution in [3.63, 3.8) is 0 Å². The Bertz CT molecular complexity index is 278. The Morgan fingerprint density at radius 1 is 1.58 bits per heavy atom. The SMILES string of the molecule is CO.COC(=O)C(CCCNC(=N)N)N[N+](=O)[O-].Cl. The van der Waals surface area contributed by atoms with Crippen LogP contribution >= 0.6 is 12.4 Å². The number of hydrogen-bond donors (Lipinski definition) is 5. The number of nitro groups is 1. The molecule has 0 aliphatic rings. The number of ether oxygens (including phenoxy) is 1. The largest absolute Gasteiger partial charge is 0.467 e. The third-order valence-corrected chi connectivity index (χ3v) is 1.73. The van der Waals surface area contributed by atoms with Crippen LogP contribution < -0.4 is 16.5 Å². The molecule has 0 bridgehead atoms. The van der Waals surface area contributed by atoms with E-state index in [4.69, 9.17) is 16.2 Å². The molecule has 0 fully saturated rings. The van der Waals surface area contributed by atoms with Crippen LogP contribution in [-0.2, 0) is 9.53 Å². The number of hydrogen-bond acceptors (Lipinski definition) is 6. The van der Waals surface area contributed by atoms with Crippen molar-refractivity contribution in [3.05, 3.63) is 10.1 Å². The minimum atomic E-state index is -0.992. The Morgan fingerprint density at radius 3 is 2.47 bits per heavy atom. The number of nitrogens with zero attached hydrogens (tertiary/aromatic N) is 1. The summed E-state index contributed by atoms with van der Waals surface area (Å²) in [6, 6.07) is -0.992. The maximum atomic E-state index is 11.1. The summed E-state index contributed by atoms with van der Waals surface area (Å²) in [5, 5.41) is 25.8. The number of halogens is 1. The molecule has 0 heterocycles.